The van der Waals surface area contributed by atoms with Gasteiger partial charge in [0.25, 0.3) is 5.91 Å². The molecule has 144 valence electrons. The number of ether oxygens (including phenoxy) is 1. The maximum Gasteiger partial charge on any atom is 0.255 e. The number of anilines is 1. The predicted octanol–water partition coefficient (Wildman–Crippen LogP) is 3.69. The lowest BCUT2D eigenvalue weighted by Gasteiger charge is -2.18. The van der Waals surface area contributed by atoms with Crippen LogP contribution in [0.1, 0.15) is 28.8 Å². The molecular weight excluding hydrogens is 388 g/mol. The molecule has 27 heavy (non-hydrogen) atoms. The second kappa shape index (κ2) is 7.88. The van der Waals surface area contributed by atoms with Crippen molar-refractivity contribution in [3.8, 4) is 5.75 Å². The Hall–Kier alpha value is -2.09. The van der Waals surface area contributed by atoms with E-state index >= 15 is 0 Å². The maximum absolute atomic E-state index is 12.9. The number of hydrogen-bond acceptors (Lipinski definition) is 4. The van der Waals surface area contributed by atoms with Crippen molar-refractivity contribution in [1.29, 1.82) is 0 Å². The Morgan fingerprint density at radius 3 is 2.48 bits per heavy atom. The van der Waals surface area contributed by atoms with Crippen LogP contribution in [0.5, 0.6) is 5.75 Å². The highest BCUT2D eigenvalue weighted by atomic mass is 35.5. The van der Waals surface area contributed by atoms with Gasteiger partial charge < -0.3 is 10.1 Å². The smallest absolute Gasteiger partial charge is 0.255 e. The summed E-state index contributed by atoms with van der Waals surface area (Å²) in [7, 11) is -2.31. The Morgan fingerprint density at radius 2 is 1.85 bits per heavy atom. The van der Waals surface area contributed by atoms with Gasteiger partial charge in [0.1, 0.15) is 10.6 Å². The number of rotatable bonds is 5. The summed E-state index contributed by atoms with van der Waals surface area (Å²) >= 11 is 6.16. The molecule has 0 bridgehead atoms. The number of halogens is 1. The number of hydrogen-bond donors (Lipinski definition) is 1. The van der Waals surface area contributed by atoms with E-state index in [9.17, 15) is 13.2 Å². The molecule has 2 aromatic rings. The molecule has 6 nitrogen and oxygen atoms in total. The van der Waals surface area contributed by atoms with Crippen LogP contribution in [0.25, 0.3) is 0 Å². The van der Waals surface area contributed by atoms with Gasteiger partial charge in [0.15, 0.2) is 0 Å². The summed E-state index contributed by atoms with van der Waals surface area (Å²) in [6.07, 6.45) is 1.65. The van der Waals surface area contributed by atoms with E-state index in [2.05, 4.69) is 5.32 Å². The first-order chi connectivity index (χ1) is 12.8. The van der Waals surface area contributed by atoms with E-state index in [-0.39, 0.29) is 16.2 Å². The Labute approximate surface area is 164 Å². The highest BCUT2D eigenvalue weighted by molar-refractivity contribution is 7.89. The molecule has 2 aromatic carbocycles. The number of sulfonamides is 1. The van der Waals surface area contributed by atoms with Crippen molar-refractivity contribution in [3.63, 3.8) is 0 Å². The average Bonchev–Trinajstić information content (AvgIpc) is 3.19. The Balaban J connectivity index is 1.93. The van der Waals surface area contributed by atoms with Gasteiger partial charge in [-0.15, -0.1) is 0 Å². The number of benzene rings is 2. The number of amides is 1. The van der Waals surface area contributed by atoms with Crippen LogP contribution in [0, 0.1) is 6.92 Å². The van der Waals surface area contributed by atoms with Gasteiger partial charge in [-0.05, 0) is 55.7 Å². The molecule has 0 unspecified atom stereocenters. The molecule has 1 N–H and O–H groups in total. The maximum atomic E-state index is 12.9. The lowest BCUT2D eigenvalue weighted by molar-refractivity contribution is 0.102. The van der Waals surface area contributed by atoms with Crippen molar-refractivity contribution in [2.24, 2.45) is 0 Å². The highest BCUT2D eigenvalue weighted by Gasteiger charge is 2.30. The molecular formula is C19H21ClN2O4S. The summed E-state index contributed by atoms with van der Waals surface area (Å²) in [6, 6.07) is 9.66. The average molecular weight is 409 g/mol. The molecule has 8 heteroatoms. The van der Waals surface area contributed by atoms with Crippen LogP contribution in [-0.2, 0) is 10.0 Å². The second-order valence-electron chi connectivity index (χ2n) is 6.41. The molecule has 1 heterocycles. The minimum absolute atomic E-state index is 0.00504. The van der Waals surface area contributed by atoms with Gasteiger partial charge in [-0.1, -0.05) is 17.7 Å². The lowest BCUT2D eigenvalue weighted by Crippen LogP contribution is -2.28. The molecule has 1 aliphatic rings. The first-order valence-electron chi connectivity index (χ1n) is 8.58. The number of methoxy groups -OCH3 is 1. The molecule has 0 radical (unpaired) electrons. The second-order valence-corrected chi connectivity index (χ2v) is 8.73. The molecule has 1 amide bonds. The van der Waals surface area contributed by atoms with Gasteiger partial charge in [0.2, 0.25) is 10.0 Å². The third kappa shape index (κ3) is 4.10. The molecule has 0 atom stereocenters. The van der Waals surface area contributed by atoms with E-state index in [0.717, 1.165) is 18.4 Å². The highest BCUT2D eigenvalue weighted by Crippen LogP contribution is 2.30. The van der Waals surface area contributed by atoms with Crippen molar-refractivity contribution in [1.82, 2.24) is 4.31 Å². The van der Waals surface area contributed by atoms with E-state index in [4.69, 9.17) is 16.3 Å². The molecule has 0 spiro atoms. The quantitative estimate of drug-likeness (QED) is 0.818. The van der Waals surface area contributed by atoms with Crippen LogP contribution < -0.4 is 10.1 Å². The number of nitrogens with zero attached hydrogens (tertiary/aromatic N) is 1. The minimum Gasteiger partial charge on any atom is -0.495 e. The number of nitrogens with one attached hydrogen (secondary N) is 1. The van der Waals surface area contributed by atoms with Crippen LogP contribution in [0.4, 0.5) is 5.69 Å². The Bertz CT molecular complexity index is 970. The van der Waals surface area contributed by atoms with E-state index < -0.39 is 15.9 Å². The third-order valence-corrected chi connectivity index (χ3v) is 6.71. The SMILES string of the molecule is COc1ccc(C(=O)Nc2ccc(C)cc2Cl)cc1S(=O)(=O)N1CCCC1. The molecule has 1 fully saturated rings. The number of aryl methyl sites for hydroxylation is 1. The van der Waals surface area contributed by atoms with Crippen molar-refractivity contribution < 1.29 is 17.9 Å². The van der Waals surface area contributed by atoms with Gasteiger partial charge >= 0.3 is 0 Å². The first-order valence-corrected chi connectivity index (χ1v) is 10.4. The fourth-order valence-corrected chi connectivity index (χ4v) is 4.98. The Morgan fingerprint density at radius 1 is 1.15 bits per heavy atom. The topological polar surface area (TPSA) is 75.7 Å². The van der Waals surface area contributed by atoms with Crippen LogP contribution in [0.15, 0.2) is 41.3 Å². The van der Waals surface area contributed by atoms with Gasteiger partial charge in [-0.2, -0.15) is 4.31 Å². The number of carbonyl (C=O) groups excluding carboxylic acids is 1. The summed E-state index contributed by atoms with van der Waals surface area (Å²) in [6.45, 7) is 2.85. The summed E-state index contributed by atoms with van der Waals surface area (Å²) in [4.78, 5) is 12.6. The lowest BCUT2D eigenvalue weighted by atomic mass is 10.2. The first kappa shape index (κ1) is 19.7. The predicted molar refractivity (Wildman–Crippen MR) is 105 cm³/mol. The minimum atomic E-state index is -3.72. The molecule has 0 saturated carbocycles. The molecule has 0 aromatic heterocycles. The number of carbonyl (C=O) groups is 1. The van der Waals surface area contributed by atoms with Gasteiger partial charge in [-0.25, -0.2) is 8.42 Å². The zero-order chi connectivity index (χ0) is 19.6. The summed E-state index contributed by atoms with van der Waals surface area (Å²) < 4.78 is 32.5. The fourth-order valence-electron chi connectivity index (χ4n) is 3.00. The largest absolute Gasteiger partial charge is 0.495 e. The monoisotopic (exact) mass is 408 g/mol. The third-order valence-electron chi connectivity index (χ3n) is 4.48. The summed E-state index contributed by atoms with van der Waals surface area (Å²) in [5.41, 5.74) is 1.65. The van der Waals surface area contributed by atoms with Crippen molar-refractivity contribution in [2.75, 3.05) is 25.5 Å². The van der Waals surface area contributed by atoms with Crippen molar-refractivity contribution in [2.45, 2.75) is 24.7 Å². The van der Waals surface area contributed by atoms with E-state index in [0.29, 0.717) is 23.8 Å². The molecule has 0 aliphatic carbocycles. The van der Waals surface area contributed by atoms with Crippen LogP contribution >= 0.6 is 11.6 Å². The van der Waals surface area contributed by atoms with Gasteiger partial charge in [0, 0.05) is 18.7 Å². The summed E-state index contributed by atoms with van der Waals surface area (Å²) in [5, 5.41) is 3.14. The fraction of sp³-hybridized carbons (Fsp3) is 0.316. The summed E-state index contributed by atoms with van der Waals surface area (Å²) in [5.74, 6) is -0.229. The van der Waals surface area contributed by atoms with Gasteiger partial charge in [-0.3, -0.25) is 4.79 Å². The zero-order valence-corrected chi connectivity index (χ0v) is 16.7. The van der Waals surface area contributed by atoms with Gasteiger partial charge in [0.05, 0.1) is 17.8 Å². The van der Waals surface area contributed by atoms with Crippen LogP contribution in [-0.4, -0.2) is 38.8 Å². The molecule has 1 aliphatic heterocycles. The van der Waals surface area contributed by atoms with Crippen LogP contribution in [0.3, 0.4) is 0 Å². The van der Waals surface area contributed by atoms with E-state index in [1.807, 2.05) is 13.0 Å². The zero-order valence-electron chi connectivity index (χ0n) is 15.2. The van der Waals surface area contributed by atoms with Crippen molar-refractivity contribution >= 4 is 33.2 Å². The Kier molecular flexibility index (Phi) is 5.74. The normalized spacial score (nSPS) is 14.9. The standard InChI is InChI=1S/C19H21ClN2O4S/c1-13-5-7-16(15(20)11-13)21-19(23)14-6-8-17(26-2)18(12-14)27(24,25)22-9-3-4-10-22/h5-8,11-12H,3-4,9-10H2,1-2H3,(H,21,23). The molecule has 1 saturated heterocycles. The van der Waals surface area contributed by atoms with E-state index in [1.165, 1.54) is 29.6 Å². The van der Waals surface area contributed by atoms with E-state index in [1.54, 1.807) is 12.1 Å². The molecule has 3 rings (SSSR count). The van der Waals surface area contributed by atoms with Crippen LogP contribution in [0.2, 0.25) is 5.02 Å². The van der Waals surface area contributed by atoms with Crippen molar-refractivity contribution in [3.05, 3.63) is 52.5 Å².